The van der Waals surface area contributed by atoms with Gasteiger partial charge in [0.2, 0.25) is 0 Å². The number of phenols is 1. The molecule has 0 aliphatic heterocycles. The Morgan fingerprint density at radius 1 is 1.50 bits per heavy atom. The van der Waals surface area contributed by atoms with E-state index in [-0.39, 0.29) is 17.8 Å². The molecule has 0 aliphatic carbocycles. The van der Waals surface area contributed by atoms with Gasteiger partial charge in [-0.3, -0.25) is 0 Å². The lowest BCUT2D eigenvalue weighted by Gasteiger charge is -2.05. The van der Waals surface area contributed by atoms with Crippen molar-refractivity contribution in [3.63, 3.8) is 0 Å². The molecule has 1 aromatic carbocycles. The zero-order valence-corrected chi connectivity index (χ0v) is 7.81. The number of phenolic OH excluding ortho intramolecular Hbond substituents is 1. The van der Waals surface area contributed by atoms with Gasteiger partial charge in [-0.2, -0.15) is 0 Å². The minimum absolute atomic E-state index is 0. The number of rotatable bonds is 3. The molecule has 0 amide bonds. The Morgan fingerprint density at radius 2 is 2.07 bits per heavy atom. The molecule has 0 radical (unpaired) electrons. The van der Waals surface area contributed by atoms with Gasteiger partial charge >= 0.3 is 0 Å². The average molecular weight is 221 g/mol. The second-order valence-corrected chi connectivity index (χ2v) is 2.75. The standard InChI is InChI=1S/C7H7ClN2O3.H2O/c8-9(10(12)13)5-6-3-1-2-4-7(6)11;/h1-4,11H,5H2;1H2. The van der Waals surface area contributed by atoms with E-state index < -0.39 is 5.03 Å². The number of hydrogen-bond donors (Lipinski definition) is 1. The summed E-state index contributed by atoms with van der Waals surface area (Å²) in [7, 11) is 0. The van der Waals surface area contributed by atoms with Gasteiger partial charge < -0.3 is 10.6 Å². The van der Waals surface area contributed by atoms with E-state index in [1.165, 1.54) is 6.07 Å². The third kappa shape index (κ3) is 3.08. The smallest absolute Gasteiger partial charge is 0.176 e. The van der Waals surface area contributed by atoms with Crippen molar-refractivity contribution in [1.82, 2.24) is 4.53 Å². The molecule has 0 fully saturated rings. The molecule has 0 atom stereocenters. The third-order valence-electron chi connectivity index (χ3n) is 1.47. The fraction of sp³-hybridized carbons (Fsp3) is 0.143. The summed E-state index contributed by atoms with van der Waals surface area (Å²) in [5.41, 5.74) is 0.411. The molecule has 0 unspecified atom stereocenters. The van der Waals surface area contributed by atoms with Crippen molar-refractivity contribution >= 4 is 11.8 Å². The van der Waals surface area contributed by atoms with Crippen LogP contribution in [0.1, 0.15) is 5.56 Å². The number of nitrogens with zero attached hydrogens (tertiary/aromatic N) is 2. The number of benzene rings is 1. The van der Waals surface area contributed by atoms with Crippen LogP contribution in [0.25, 0.3) is 0 Å². The number of hydrogen-bond acceptors (Lipinski definition) is 3. The summed E-state index contributed by atoms with van der Waals surface area (Å²) in [5, 5.41) is 18.6. The van der Waals surface area contributed by atoms with Crippen LogP contribution in [0.3, 0.4) is 0 Å². The Bertz CT molecular complexity index is 320. The lowest BCUT2D eigenvalue weighted by atomic mass is 10.2. The van der Waals surface area contributed by atoms with Crippen LogP contribution < -0.4 is 0 Å². The molecule has 0 saturated carbocycles. The van der Waals surface area contributed by atoms with Crippen molar-refractivity contribution in [1.29, 1.82) is 0 Å². The molecule has 0 heterocycles. The maximum absolute atomic E-state index is 10.1. The maximum Gasteiger partial charge on any atom is 0.176 e. The summed E-state index contributed by atoms with van der Waals surface area (Å²) in [6.45, 7) is -0.138. The molecular weight excluding hydrogens is 212 g/mol. The number of nitro groups is 1. The molecule has 0 spiro atoms. The summed E-state index contributed by atoms with van der Waals surface area (Å²) < 4.78 is 0.384. The molecular formula is C7H9ClN2O4. The number of hydrazine groups is 1. The van der Waals surface area contributed by atoms with E-state index in [2.05, 4.69) is 0 Å². The van der Waals surface area contributed by atoms with Gasteiger partial charge in [0.1, 0.15) is 12.3 Å². The molecule has 3 N–H and O–H groups in total. The molecule has 0 saturated heterocycles. The highest BCUT2D eigenvalue weighted by Crippen LogP contribution is 2.18. The Kier molecular flexibility index (Phi) is 4.68. The molecule has 14 heavy (non-hydrogen) atoms. The minimum atomic E-state index is -0.756. The SMILES string of the molecule is O.O=[N+]([O-])N(Cl)Cc1ccccc1O. The first-order valence-corrected chi connectivity index (χ1v) is 3.79. The second kappa shape index (κ2) is 5.25. The number of halogens is 1. The first-order chi connectivity index (χ1) is 6.11. The summed E-state index contributed by atoms with van der Waals surface area (Å²) in [4.78, 5) is 10.1. The van der Waals surface area contributed by atoms with Gasteiger partial charge in [0.05, 0.1) is 11.8 Å². The van der Waals surface area contributed by atoms with E-state index >= 15 is 0 Å². The molecule has 7 heteroatoms. The molecule has 0 bridgehead atoms. The highest BCUT2D eigenvalue weighted by molar-refractivity contribution is 6.12. The predicted octanol–water partition coefficient (Wildman–Crippen LogP) is 0.715. The summed E-state index contributed by atoms with van der Waals surface area (Å²) in [5.74, 6) is -0.00463. The van der Waals surface area contributed by atoms with Crippen LogP contribution in [0.5, 0.6) is 5.75 Å². The molecule has 1 aromatic rings. The Labute approximate surface area is 84.9 Å². The van der Waals surface area contributed by atoms with Crippen molar-refractivity contribution in [3.05, 3.63) is 39.9 Å². The largest absolute Gasteiger partial charge is 0.508 e. The van der Waals surface area contributed by atoms with Crippen molar-refractivity contribution in [2.45, 2.75) is 6.54 Å². The van der Waals surface area contributed by atoms with Crippen LogP contribution in [-0.4, -0.2) is 20.1 Å². The van der Waals surface area contributed by atoms with Gasteiger partial charge in [0, 0.05) is 5.56 Å². The fourth-order valence-electron chi connectivity index (χ4n) is 0.843. The fourth-order valence-corrected chi connectivity index (χ4v) is 0.972. The highest BCUT2D eigenvalue weighted by Gasteiger charge is 2.12. The Morgan fingerprint density at radius 3 is 2.57 bits per heavy atom. The van der Waals surface area contributed by atoms with Crippen LogP contribution in [0.15, 0.2) is 24.3 Å². The topological polar surface area (TPSA) is 98.1 Å². The lowest BCUT2D eigenvalue weighted by Crippen LogP contribution is -2.18. The predicted molar refractivity (Wildman–Crippen MR) is 50.1 cm³/mol. The molecule has 1 rings (SSSR count). The van der Waals surface area contributed by atoms with E-state index in [0.717, 1.165) is 0 Å². The van der Waals surface area contributed by atoms with Gasteiger partial charge in [-0.25, -0.2) is 10.1 Å². The number of para-hydroxylation sites is 1. The highest BCUT2D eigenvalue weighted by atomic mass is 35.5. The zero-order valence-electron chi connectivity index (χ0n) is 7.05. The van der Waals surface area contributed by atoms with Crippen molar-refractivity contribution < 1.29 is 15.6 Å². The maximum atomic E-state index is 10.1. The van der Waals surface area contributed by atoms with E-state index in [0.29, 0.717) is 10.1 Å². The Balaban J connectivity index is 0.00000169. The van der Waals surface area contributed by atoms with Gasteiger partial charge in [-0.05, 0) is 10.6 Å². The van der Waals surface area contributed by atoms with Crippen LogP contribution in [0.2, 0.25) is 0 Å². The summed E-state index contributed by atoms with van der Waals surface area (Å²) in [6.07, 6.45) is 0. The number of aromatic hydroxyl groups is 1. The quantitative estimate of drug-likeness (QED) is 0.461. The van der Waals surface area contributed by atoms with Crippen molar-refractivity contribution in [2.24, 2.45) is 0 Å². The van der Waals surface area contributed by atoms with E-state index in [9.17, 15) is 15.2 Å². The lowest BCUT2D eigenvalue weighted by molar-refractivity contribution is -0.625. The van der Waals surface area contributed by atoms with E-state index in [4.69, 9.17) is 11.8 Å². The van der Waals surface area contributed by atoms with Crippen LogP contribution >= 0.6 is 11.8 Å². The van der Waals surface area contributed by atoms with Gasteiger partial charge in [0.25, 0.3) is 0 Å². The summed E-state index contributed by atoms with van der Waals surface area (Å²) in [6, 6.07) is 6.30. The normalized spacial score (nSPS) is 8.93. The van der Waals surface area contributed by atoms with Gasteiger partial charge in [-0.15, -0.1) is 0 Å². The Hall–Kier alpha value is -1.53. The summed E-state index contributed by atoms with van der Waals surface area (Å²) >= 11 is 5.25. The minimum Gasteiger partial charge on any atom is -0.508 e. The first kappa shape index (κ1) is 12.5. The van der Waals surface area contributed by atoms with Crippen molar-refractivity contribution in [3.8, 4) is 5.75 Å². The third-order valence-corrected chi connectivity index (χ3v) is 1.71. The van der Waals surface area contributed by atoms with E-state index in [1.807, 2.05) is 0 Å². The molecule has 6 nitrogen and oxygen atoms in total. The van der Waals surface area contributed by atoms with Crippen LogP contribution in [0, 0.1) is 10.1 Å². The average Bonchev–Trinajstić information content (AvgIpc) is 2.08. The van der Waals surface area contributed by atoms with Gasteiger partial charge in [0.15, 0.2) is 5.03 Å². The molecule has 78 valence electrons. The second-order valence-electron chi connectivity index (χ2n) is 2.36. The van der Waals surface area contributed by atoms with Crippen LogP contribution in [0.4, 0.5) is 0 Å². The van der Waals surface area contributed by atoms with Crippen LogP contribution in [-0.2, 0) is 6.54 Å². The first-order valence-electron chi connectivity index (χ1n) is 3.45. The van der Waals surface area contributed by atoms with E-state index in [1.54, 1.807) is 18.2 Å². The van der Waals surface area contributed by atoms with Gasteiger partial charge in [-0.1, -0.05) is 18.2 Å². The molecule has 0 aliphatic rings. The monoisotopic (exact) mass is 220 g/mol. The zero-order chi connectivity index (χ0) is 9.84. The molecule has 0 aromatic heterocycles. The van der Waals surface area contributed by atoms with Crippen molar-refractivity contribution in [2.75, 3.05) is 0 Å².